The van der Waals surface area contributed by atoms with Gasteiger partial charge in [-0.2, -0.15) is 0 Å². The van der Waals surface area contributed by atoms with Crippen molar-refractivity contribution in [1.29, 1.82) is 0 Å². The van der Waals surface area contributed by atoms with Gasteiger partial charge in [-0.3, -0.25) is 0 Å². The van der Waals surface area contributed by atoms with E-state index in [1.165, 1.54) is 0 Å². The molecule has 0 aliphatic heterocycles. The molecule has 0 bridgehead atoms. The lowest BCUT2D eigenvalue weighted by molar-refractivity contribution is 0.0896. The quantitative estimate of drug-likeness (QED) is 0.656. The highest BCUT2D eigenvalue weighted by molar-refractivity contribution is 6.70. The van der Waals surface area contributed by atoms with Gasteiger partial charge in [0.15, 0.2) is 25.0 Å². The number of hydrogen-bond acceptors (Lipinski definition) is 4. The summed E-state index contributed by atoms with van der Waals surface area (Å²) in [5.74, 6) is 0. The standard InChI is InChI=1S/C13H35NO3Si3/c1-18(2,3)15-10-13(14,11-16-19(4,5)6)12-17-20(7,8)9/h10-12,14H2,1-9H3. The predicted molar refractivity (Wildman–Crippen MR) is 94.8 cm³/mol. The normalized spacial score (nSPS) is 14.7. The Morgan fingerprint density at radius 1 is 0.600 bits per heavy atom. The summed E-state index contributed by atoms with van der Waals surface area (Å²) >= 11 is 0. The summed E-state index contributed by atoms with van der Waals surface area (Å²) in [5.41, 5.74) is 5.97. The Bertz CT molecular complexity index is 247. The molecule has 0 aromatic heterocycles. The molecule has 2 N–H and O–H groups in total. The van der Waals surface area contributed by atoms with Crippen LogP contribution in [0.25, 0.3) is 0 Å². The van der Waals surface area contributed by atoms with Crippen molar-refractivity contribution < 1.29 is 13.3 Å². The van der Waals surface area contributed by atoms with Gasteiger partial charge in [-0.1, -0.05) is 0 Å². The molecule has 0 saturated carbocycles. The van der Waals surface area contributed by atoms with Gasteiger partial charge in [0.05, 0.1) is 25.4 Å². The summed E-state index contributed by atoms with van der Waals surface area (Å²) in [4.78, 5) is 0. The summed E-state index contributed by atoms with van der Waals surface area (Å²) in [7, 11) is -4.76. The lowest BCUT2D eigenvalue weighted by Gasteiger charge is -2.36. The minimum absolute atomic E-state index is 0.512. The van der Waals surface area contributed by atoms with Crippen molar-refractivity contribution in [2.24, 2.45) is 5.73 Å². The van der Waals surface area contributed by atoms with Gasteiger partial charge < -0.3 is 19.0 Å². The molecule has 122 valence electrons. The summed E-state index contributed by atoms with van der Waals surface area (Å²) in [6, 6.07) is 0. The maximum atomic E-state index is 6.51. The van der Waals surface area contributed by atoms with Crippen LogP contribution in [-0.2, 0) is 13.3 Å². The van der Waals surface area contributed by atoms with Gasteiger partial charge in [0.25, 0.3) is 0 Å². The summed E-state index contributed by atoms with van der Waals surface area (Å²) in [6.45, 7) is 21.1. The minimum Gasteiger partial charge on any atom is -0.416 e. The number of nitrogens with two attached hydrogens (primary N) is 1. The molecule has 7 heteroatoms. The van der Waals surface area contributed by atoms with Crippen LogP contribution in [0.5, 0.6) is 0 Å². The molecule has 0 saturated heterocycles. The van der Waals surface area contributed by atoms with Crippen LogP contribution in [0.3, 0.4) is 0 Å². The van der Waals surface area contributed by atoms with Crippen LogP contribution in [-0.4, -0.2) is 50.3 Å². The van der Waals surface area contributed by atoms with Crippen LogP contribution in [0.4, 0.5) is 0 Å². The van der Waals surface area contributed by atoms with E-state index in [0.717, 1.165) is 0 Å². The fourth-order valence-corrected chi connectivity index (χ4v) is 3.37. The van der Waals surface area contributed by atoms with Gasteiger partial charge in [-0.05, 0) is 58.9 Å². The molecule has 0 aromatic rings. The lowest BCUT2D eigenvalue weighted by Crippen LogP contribution is -2.57. The second-order valence-corrected chi connectivity index (χ2v) is 22.1. The van der Waals surface area contributed by atoms with E-state index in [0.29, 0.717) is 19.8 Å². The molecule has 4 nitrogen and oxygen atoms in total. The van der Waals surface area contributed by atoms with Crippen molar-refractivity contribution in [2.75, 3.05) is 19.8 Å². The van der Waals surface area contributed by atoms with Crippen molar-refractivity contribution in [3.8, 4) is 0 Å². The highest BCUT2D eigenvalue weighted by Gasteiger charge is 2.33. The smallest absolute Gasteiger partial charge is 0.183 e. The SMILES string of the molecule is C[Si](C)(C)OCC(N)(CO[Si](C)(C)C)CO[Si](C)(C)C. The monoisotopic (exact) mass is 337 g/mol. The van der Waals surface area contributed by atoms with Gasteiger partial charge in [0.2, 0.25) is 0 Å². The Hall–Kier alpha value is 0.491. The predicted octanol–water partition coefficient (Wildman–Crippen LogP) is 3.24. The molecule has 0 fully saturated rings. The minimum atomic E-state index is -1.59. The Balaban J connectivity index is 4.66. The molecule has 0 aliphatic carbocycles. The van der Waals surface area contributed by atoms with E-state index in [1.807, 2.05) is 0 Å². The van der Waals surface area contributed by atoms with Crippen LogP contribution >= 0.6 is 0 Å². The molecule has 0 atom stereocenters. The van der Waals surface area contributed by atoms with E-state index in [9.17, 15) is 0 Å². The van der Waals surface area contributed by atoms with Crippen molar-refractivity contribution in [2.45, 2.75) is 64.5 Å². The van der Waals surface area contributed by atoms with Crippen LogP contribution in [0.15, 0.2) is 0 Å². The fourth-order valence-electron chi connectivity index (χ4n) is 1.21. The van der Waals surface area contributed by atoms with Crippen molar-refractivity contribution >= 4 is 25.0 Å². The highest BCUT2D eigenvalue weighted by Crippen LogP contribution is 2.15. The Morgan fingerprint density at radius 2 is 0.800 bits per heavy atom. The molecule has 0 spiro atoms. The molecular formula is C13H35NO3Si3. The molecule has 20 heavy (non-hydrogen) atoms. The molecule has 0 rings (SSSR count). The third-order valence-electron chi connectivity index (χ3n) is 2.38. The fraction of sp³-hybridized carbons (Fsp3) is 1.00. The maximum absolute atomic E-state index is 6.51. The van der Waals surface area contributed by atoms with Gasteiger partial charge in [0.1, 0.15) is 0 Å². The lowest BCUT2D eigenvalue weighted by atomic mass is 10.1. The van der Waals surface area contributed by atoms with Crippen LogP contribution in [0.2, 0.25) is 58.9 Å². The zero-order valence-corrected chi connectivity index (χ0v) is 17.9. The number of hydrogen-bond donors (Lipinski definition) is 1. The zero-order chi connectivity index (χ0) is 16.2. The second kappa shape index (κ2) is 7.17. The first-order chi connectivity index (χ1) is 8.62. The highest BCUT2D eigenvalue weighted by atomic mass is 28.4. The molecule has 0 aliphatic rings. The largest absolute Gasteiger partial charge is 0.416 e. The topological polar surface area (TPSA) is 53.7 Å². The van der Waals surface area contributed by atoms with Gasteiger partial charge in [0, 0.05) is 0 Å². The first-order valence-electron chi connectivity index (χ1n) is 7.33. The maximum Gasteiger partial charge on any atom is 0.183 e. The van der Waals surface area contributed by atoms with Crippen LogP contribution in [0.1, 0.15) is 0 Å². The average molecular weight is 338 g/mol. The van der Waals surface area contributed by atoms with Gasteiger partial charge in [-0.25, -0.2) is 0 Å². The first kappa shape index (κ1) is 20.5. The summed E-state index contributed by atoms with van der Waals surface area (Å²) in [6.07, 6.45) is 0. The van der Waals surface area contributed by atoms with Crippen LogP contribution < -0.4 is 5.73 Å². The van der Waals surface area contributed by atoms with E-state index >= 15 is 0 Å². The van der Waals surface area contributed by atoms with Crippen molar-refractivity contribution in [3.63, 3.8) is 0 Å². The van der Waals surface area contributed by atoms with Gasteiger partial charge >= 0.3 is 0 Å². The second-order valence-electron chi connectivity index (χ2n) is 8.57. The summed E-state index contributed by atoms with van der Waals surface area (Å²) < 4.78 is 18.0. The van der Waals surface area contributed by atoms with E-state index in [4.69, 9.17) is 19.0 Å². The number of rotatable bonds is 9. The third kappa shape index (κ3) is 12.2. The Labute approximate surface area is 128 Å². The van der Waals surface area contributed by atoms with Crippen molar-refractivity contribution in [1.82, 2.24) is 0 Å². The molecule has 0 amide bonds. The first-order valence-corrected chi connectivity index (χ1v) is 17.6. The Kier molecular flexibility index (Phi) is 7.34. The molecular weight excluding hydrogens is 302 g/mol. The Morgan fingerprint density at radius 3 is 0.950 bits per heavy atom. The third-order valence-corrected chi connectivity index (χ3v) is 5.41. The van der Waals surface area contributed by atoms with Crippen LogP contribution in [0, 0.1) is 0 Å². The molecule has 0 radical (unpaired) electrons. The van der Waals surface area contributed by atoms with E-state index < -0.39 is 30.5 Å². The van der Waals surface area contributed by atoms with E-state index in [1.54, 1.807) is 0 Å². The molecule has 0 heterocycles. The van der Waals surface area contributed by atoms with E-state index in [-0.39, 0.29) is 0 Å². The van der Waals surface area contributed by atoms with Crippen molar-refractivity contribution in [3.05, 3.63) is 0 Å². The molecule has 0 aromatic carbocycles. The zero-order valence-electron chi connectivity index (χ0n) is 14.9. The van der Waals surface area contributed by atoms with Gasteiger partial charge in [-0.15, -0.1) is 0 Å². The summed E-state index contributed by atoms with van der Waals surface area (Å²) in [5, 5.41) is 0. The van der Waals surface area contributed by atoms with E-state index in [2.05, 4.69) is 58.9 Å². The average Bonchev–Trinajstić information content (AvgIpc) is 2.18. The molecule has 0 unspecified atom stereocenters.